The summed E-state index contributed by atoms with van der Waals surface area (Å²) in [6.45, 7) is 0. The number of hydrogen-bond donors (Lipinski definition) is 1. The lowest BCUT2D eigenvalue weighted by Gasteiger charge is -1.98. The number of H-pyrrole nitrogens is 1. The molecule has 2 nitrogen and oxygen atoms in total. The number of hydrogen-bond acceptors (Lipinski definition) is 1. The highest BCUT2D eigenvalue weighted by Gasteiger charge is 2.02. The van der Waals surface area contributed by atoms with Gasteiger partial charge in [-0.3, -0.25) is 0 Å². The van der Waals surface area contributed by atoms with Crippen LogP contribution in [0.1, 0.15) is 5.56 Å². The molecule has 1 N–H and O–H groups in total. The van der Waals surface area contributed by atoms with E-state index in [0.29, 0.717) is 10.9 Å². The van der Waals surface area contributed by atoms with Gasteiger partial charge in [0.25, 0.3) is 0 Å². The Morgan fingerprint density at radius 3 is 3.00 bits per heavy atom. The predicted octanol–water partition coefficient (Wildman–Crippen LogP) is 2.96. The summed E-state index contributed by atoms with van der Waals surface area (Å²) in [5, 5.41) is 0.671. The van der Waals surface area contributed by atoms with Gasteiger partial charge in [0.1, 0.15) is 0 Å². The standard InChI is InChI=1S/C8H6Cl2N2/c9-3-5-1-7-8(2-6(5)10)12-4-11-7/h1-2,4H,3H2,(H,11,12). The molecule has 0 amide bonds. The van der Waals surface area contributed by atoms with Crippen LogP contribution in [-0.4, -0.2) is 9.97 Å². The summed E-state index contributed by atoms with van der Waals surface area (Å²) in [6, 6.07) is 3.72. The van der Waals surface area contributed by atoms with Crippen LogP contribution in [0.5, 0.6) is 0 Å². The molecule has 4 heteroatoms. The van der Waals surface area contributed by atoms with E-state index < -0.39 is 0 Å². The Hall–Kier alpha value is -0.730. The first-order valence-electron chi connectivity index (χ1n) is 3.48. The van der Waals surface area contributed by atoms with Gasteiger partial charge in [-0.15, -0.1) is 11.6 Å². The molecular weight excluding hydrogens is 195 g/mol. The highest BCUT2D eigenvalue weighted by atomic mass is 35.5. The molecule has 0 radical (unpaired) electrons. The van der Waals surface area contributed by atoms with Gasteiger partial charge >= 0.3 is 0 Å². The van der Waals surface area contributed by atoms with Crippen LogP contribution in [0.15, 0.2) is 18.5 Å². The minimum absolute atomic E-state index is 0.424. The average molecular weight is 201 g/mol. The first kappa shape index (κ1) is 7.90. The highest BCUT2D eigenvalue weighted by Crippen LogP contribution is 2.22. The van der Waals surface area contributed by atoms with Crippen molar-refractivity contribution in [2.45, 2.75) is 5.88 Å². The van der Waals surface area contributed by atoms with E-state index in [0.717, 1.165) is 16.6 Å². The first-order chi connectivity index (χ1) is 5.81. The van der Waals surface area contributed by atoms with E-state index in [9.17, 15) is 0 Å². The van der Waals surface area contributed by atoms with Crippen LogP contribution in [0, 0.1) is 0 Å². The van der Waals surface area contributed by atoms with E-state index in [-0.39, 0.29) is 0 Å². The number of alkyl halides is 1. The molecule has 1 aromatic heterocycles. The van der Waals surface area contributed by atoms with Gasteiger partial charge in [0.2, 0.25) is 0 Å². The quantitative estimate of drug-likeness (QED) is 0.706. The van der Waals surface area contributed by atoms with Crippen molar-refractivity contribution >= 4 is 34.2 Å². The van der Waals surface area contributed by atoms with Crippen molar-refractivity contribution in [1.82, 2.24) is 9.97 Å². The molecule has 2 aromatic rings. The Kier molecular flexibility index (Phi) is 1.95. The Balaban J connectivity index is 2.73. The molecule has 0 aliphatic heterocycles. The molecule has 1 heterocycles. The average Bonchev–Trinajstić information content (AvgIpc) is 2.49. The summed E-state index contributed by atoms with van der Waals surface area (Å²) < 4.78 is 0. The van der Waals surface area contributed by atoms with Crippen molar-refractivity contribution in [3.63, 3.8) is 0 Å². The number of imidazole rings is 1. The molecule has 0 aliphatic carbocycles. The van der Waals surface area contributed by atoms with E-state index >= 15 is 0 Å². The Morgan fingerprint density at radius 2 is 2.25 bits per heavy atom. The third-order valence-electron chi connectivity index (χ3n) is 1.73. The summed E-state index contributed by atoms with van der Waals surface area (Å²) in [7, 11) is 0. The van der Waals surface area contributed by atoms with Gasteiger partial charge < -0.3 is 4.98 Å². The van der Waals surface area contributed by atoms with Crippen molar-refractivity contribution in [1.29, 1.82) is 0 Å². The van der Waals surface area contributed by atoms with Crippen LogP contribution in [-0.2, 0) is 5.88 Å². The number of benzene rings is 1. The summed E-state index contributed by atoms with van der Waals surface area (Å²) >= 11 is 11.6. The normalized spacial score (nSPS) is 10.8. The van der Waals surface area contributed by atoms with Crippen molar-refractivity contribution in [2.75, 3.05) is 0 Å². The number of halogens is 2. The van der Waals surface area contributed by atoms with E-state index in [4.69, 9.17) is 23.2 Å². The van der Waals surface area contributed by atoms with Gasteiger partial charge in [0, 0.05) is 10.9 Å². The lowest BCUT2D eigenvalue weighted by Crippen LogP contribution is -1.80. The second-order valence-corrected chi connectivity index (χ2v) is 3.17. The van der Waals surface area contributed by atoms with Crippen LogP contribution >= 0.6 is 23.2 Å². The Labute approximate surface area is 79.5 Å². The predicted molar refractivity (Wildman–Crippen MR) is 50.7 cm³/mol. The smallest absolute Gasteiger partial charge is 0.0931 e. The third kappa shape index (κ3) is 1.17. The first-order valence-corrected chi connectivity index (χ1v) is 4.40. The fraction of sp³-hybridized carbons (Fsp3) is 0.125. The zero-order valence-electron chi connectivity index (χ0n) is 6.14. The van der Waals surface area contributed by atoms with Gasteiger partial charge in [-0.2, -0.15) is 0 Å². The summed E-state index contributed by atoms with van der Waals surface area (Å²) in [5.41, 5.74) is 2.76. The molecule has 0 saturated heterocycles. The Morgan fingerprint density at radius 1 is 1.42 bits per heavy atom. The molecular formula is C8H6Cl2N2. The summed E-state index contributed by atoms with van der Waals surface area (Å²) in [6.07, 6.45) is 1.64. The van der Waals surface area contributed by atoms with Gasteiger partial charge in [0.05, 0.1) is 17.4 Å². The molecule has 0 saturated carbocycles. The number of nitrogens with zero attached hydrogens (tertiary/aromatic N) is 1. The number of rotatable bonds is 1. The van der Waals surface area contributed by atoms with Gasteiger partial charge in [0.15, 0.2) is 0 Å². The maximum absolute atomic E-state index is 5.92. The summed E-state index contributed by atoms with van der Waals surface area (Å²) in [5.74, 6) is 0.424. The lowest BCUT2D eigenvalue weighted by atomic mass is 10.2. The van der Waals surface area contributed by atoms with E-state index in [1.54, 1.807) is 6.33 Å². The fourth-order valence-electron chi connectivity index (χ4n) is 1.10. The monoisotopic (exact) mass is 200 g/mol. The van der Waals surface area contributed by atoms with E-state index in [2.05, 4.69) is 9.97 Å². The lowest BCUT2D eigenvalue weighted by molar-refractivity contribution is 1.34. The maximum atomic E-state index is 5.92. The SMILES string of the molecule is ClCc1cc2[nH]cnc2cc1Cl. The molecule has 0 aliphatic rings. The molecule has 0 atom stereocenters. The largest absolute Gasteiger partial charge is 0.345 e. The Bertz CT molecular complexity index is 408. The molecule has 12 heavy (non-hydrogen) atoms. The van der Waals surface area contributed by atoms with Crippen molar-refractivity contribution in [3.05, 3.63) is 29.0 Å². The highest BCUT2D eigenvalue weighted by molar-refractivity contribution is 6.32. The van der Waals surface area contributed by atoms with Crippen LogP contribution < -0.4 is 0 Å². The molecule has 0 bridgehead atoms. The maximum Gasteiger partial charge on any atom is 0.0931 e. The molecule has 2 rings (SSSR count). The molecule has 0 spiro atoms. The third-order valence-corrected chi connectivity index (χ3v) is 2.37. The van der Waals surface area contributed by atoms with E-state index in [1.807, 2.05) is 12.1 Å². The second kappa shape index (κ2) is 2.96. The number of nitrogens with one attached hydrogen (secondary N) is 1. The van der Waals surface area contributed by atoms with Gasteiger partial charge in [-0.25, -0.2) is 4.98 Å². The molecule has 0 unspecified atom stereocenters. The minimum Gasteiger partial charge on any atom is -0.345 e. The van der Waals surface area contributed by atoms with E-state index in [1.165, 1.54) is 0 Å². The number of aromatic nitrogens is 2. The summed E-state index contributed by atoms with van der Waals surface area (Å²) in [4.78, 5) is 7.06. The van der Waals surface area contributed by atoms with Crippen molar-refractivity contribution in [2.24, 2.45) is 0 Å². The number of aromatic amines is 1. The van der Waals surface area contributed by atoms with Crippen LogP contribution in [0.3, 0.4) is 0 Å². The number of fused-ring (bicyclic) bond motifs is 1. The topological polar surface area (TPSA) is 28.7 Å². The van der Waals surface area contributed by atoms with Gasteiger partial charge in [-0.05, 0) is 17.7 Å². The fourth-order valence-corrected chi connectivity index (χ4v) is 1.62. The van der Waals surface area contributed by atoms with Crippen molar-refractivity contribution < 1.29 is 0 Å². The van der Waals surface area contributed by atoms with Crippen LogP contribution in [0.2, 0.25) is 5.02 Å². The molecule has 1 aromatic carbocycles. The molecule has 0 fully saturated rings. The van der Waals surface area contributed by atoms with Crippen molar-refractivity contribution in [3.8, 4) is 0 Å². The van der Waals surface area contributed by atoms with Crippen LogP contribution in [0.25, 0.3) is 11.0 Å². The molecule has 62 valence electrons. The zero-order valence-corrected chi connectivity index (χ0v) is 7.65. The minimum atomic E-state index is 0.424. The second-order valence-electron chi connectivity index (χ2n) is 2.50. The zero-order chi connectivity index (χ0) is 8.55. The van der Waals surface area contributed by atoms with Crippen LogP contribution in [0.4, 0.5) is 0 Å². The van der Waals surface area contributed by atoms with Gasteiger partial charge in [-0.1, -0.05) is 11.6 Å².